The van der Waals surface area contributed by atoms with Crippen LogP contribution < -0.4 is 15.5 Å². The highest BCUT2D eigenvalue weighted by atomic mass is 16.2. The summed E-state index contributed by atoms with van der Waals surface area (Å²) >= 11 is 0. The molecule has 0 spiro atoms. The molecule has 196 valence electrons. The van der Waals surface area contributed by atoms with Crippen LogP contribution in [0.3, 0.4) is 0 Å². The van der Waals surface area contributed by atoms with Gasteiger partial charge >= 0.3 is 12.1 Å². The minimum absolute atomic E-state index is 0.223. The second kappa shape index (κ2) is 9.58. The number of amides is 5. The smallest absolute Gasteiger partial charge is 0.323 e. The molecule has 6 rings (SSSR count). The predicted octanol–water partition coefficient (Wildman–Crippen LogP) is 6.26. The molecule has 5 amide bonds. The number of benzene rings is 4. The highest BCUT2D eigenvalue weighted by Crippen LogP contribution is 2.39. The van der Waals surface area contributed by atoms with Gasteiger partial charge < -0.3 is 15.5 Å². The van der Waals surface area contributed by atoms with Crippen LogP contribution in [-0.2, 0) is 4.79 Å². The summed E-state index contributed by atoms with van der Waals surface area (Å²) in [7, 11) is 0. The van der Waals surface area contributed by atoms with Gasteiger partial charge in [0.15, 0.2) is 0 Å². The molecule has 2 fully saturated rings. The maximum absolute atomic E-state index is 13.8. The minimum Gasteiger partial charge on any atom is -0.323 e. The topological polar surface area (TPSA) is 81.8 Å². The molecule has 0 radical (unpaired) electrons. The first-order chi connectivity index (χ1) is 18.8. The van der Waals surface area contributed by atoms with Crippen LogP contribution in [0.1, 0.15) is 20.3 Å². The van der Waals surface area contributed by atoms with E-state index in [0.717, 1.165) is 21.9 Å². The zero-order valence-electron chi connectivity index (χ0n) is 21.9. The first-order valence-corrected chi connectivity index (χ1v) is 13.2. The summed E-state index contributed by atoms with van der Waals surface area (Å²) in [6, 6.07) is 28.7. The number of para-hydroxylation sites is 1. The largest absolute Gasteiger partial charge is 0.329 e. The number of likely N-dealkylation sites (tertiary alicyclic amines) is 1. The lowest BCUT2D eigenvalue weighted by molar-refractivity contribution is -0.119. The van der Waals surface area contributed by atoms with Crippen molar-refractivity contribution in [2.75, 3.05) is 16.8 Å². The van der Waals surface area contributed by atoms with Crippen molar-refractivity contribution < 1.29 is 14.4 Å². The Morgan fingerprint density at radius 2 is 1.56 bits per heavy atom. The monoisotopic (exact) mass is 518 g/mol. The van der Waals surface area contributed by atoms with E-state index >= 15 is 0 Å². The number of nitrogens with one attached hydrogen (secondary N) is 2. The Hall–Kier alpha value is -4.65. The van der Waals surface area contributed by atoms with E-state index in [9.17, 15) is 14.4 Å². The molecule has 0 saturated carbocycles. The number of anilines is 2. The van der Waals surface area contributed by atoms with Crippen LogP contribution >= 0.6 is 0 Å². The number of fused-ring (bicyclic) bond motifs is 1. The zero-order valence-corrected chi connectivity index (χ0v) is 21.9. The number of imide groups is 1. The molecule has 7 nitrogen and oxygen atoms in total. The summed E-state index contributed by atoms with van der Waals surface area (Å²) in [5.41, 5.74) is 2.92. The van der Waals surface area contributed by atoms with Crippen LogP contribution in [0.2, 0.25) is 0 Å². The van der Waals surface area contributed by atoms with Crippen molar-refractivity contribution in [2.24, 2.45) is 5.41 Å². The lowest BCUT2D eigenvalue weighted by Crippen LogP contribution is -2.51. The van der Waals surface area contributed by atoms with Crippen molar-refractivity contribution in [3.63, 3.8) is 0 Å². The Balaban J connectivity index is 1.29. The standard InChI is InChI=1S/C32H30N4O3/c1-32(2)19-27(28-29(37)36(31(39)34-28)26-18-10-14-22-13-6-7-16-24(22)26)35(20-32)30(38)33-25-17-9-8-15-23(25)21-11-4-3-5-12-21/h3-18,27-28H,19-20H2,1-2H3,(H,33,38)(H,34,39)/t27?,28-/m0/s1. The molecule has 7 heteroatoms. The van der Waals surface area contributed by atoms with Crippen LogP contribution in [0.4, 0.5) is 21.0 Å². The molecule has 4 aromatic carbocycles. The summed E-state index contributed by atoms with van der Waals surface area (Å²) in [4.78, 5) is 43.7. The highest BCUT2D eigenvalue weighted by Gasteiger charge is 2.51. The van der Waals surface area contributed by atoms with E-state index in [1.165, 1.54) is 4.90 Å². The van der Waals surface area contributed by atoms with Gasteiger partial charge in [-0.15, -0.1) is 0 Å². The lowest BCUT2D eigenvalue weighted by atomic mass is 9.88. The van der Waals surface area contributed by atoms with Gasteiger partial charge in [0.05, 0.1) is 17.4 Å². The first kappa shape index (κ1) is 24.7. The summed E-state index contributed by atoms with van der Waals surface area (Å²) in [6.45, 7) is 4.62. The second-order valence-electron chi connectivity index (χ2n) is 11.0. The van der Waals surface area contributed by atoms with E-state index in [2.05, 4.69) is 24.5 Å². The number of rotatable bonds is 4. The molecule has 2 aliphatic heterocycles. The van der Waals surface area contributed by atoms with Crippen LogP contribution in [0, 0.1) is 5.41 Å². The average Bonchev–Trinajstić information content (AvgIpc) is 3.43. The molecule has 0 bridgehead atoms. The van der Waals surface area contributed by atoms with E-state index in [0.29, 0.717) is 24.3 Å². The summed E-state index contributed by atoms with van der Waals surface area (Å²) in [6.07, 6.45) is 0.584. The Bertz CT molecular complexity index is 1580. The molecule has 2 heterocycles. The van der Waals surface area contributed by atoms with E-state index in [-0.39, 0.29) is 17.4 Å². The summed E-state index contributed by atoms with van der Waals surface area (Å²) in [5, 5.41) is 7.75. The molecule has 2 aliphatic rings. The molecule has 2 atom stereocenters. The number of carbonyl (C=O) groups is 3. The Labute approximate surface area is 227 Å². The Kier molecular flexibility index (Phi) is 6.06. The van der Waals surface area contributed by atoms with E-state index in [1.54, 1.807) is 11.0 Å². The minimum atomic E-state index is -0.839. The van der Waals surface area contributed by atoms with Gasteiger partial charge in [0.1, 0.15) is 6.04 Å². The van der Waals surface area contributed by atoms with Gasteiger partial charge in [0.2, 0.25) is 0 Å². The van der Waals surface area contributed by atoms with Gasteiger partial charge in [-0.1, -0.05) is 98.8 Å². The summed E-state index contributed by atoms with van der Waals surface area (Å²) < 4.78 is 0. The quantitative estimate of drug-likeness (QED) is 0.313. The third-order valence-electron chi connectivity index (χ3n) is 7.64. The number of carbonyl (C=O) groups excluding carboxylic acids is 3. The molecule has 39 heavy (non-hydrogen) atoms. The zero-order chi connectivity index (χ0) is 27.1. The fraction of sp³-hybridized carbons (Fsp3) is 0.219. The van der Waals surface area contributed by atoms with Gasteiger partial charge in [0, 0.05) is 17.5 Å². The van der Waals surface area contributed by atoms with Gasteiger partial charge in [-0.25, -0.2) is 14.5 Å². The highest BCUT2D eigenvalue weighted by molar-refractivity contribution is 6.24. The van der Waals surface area contributed by atoms with Crippen molar-refractivity contribution in [2.45, 2.75) is 32.4 Å². The molecule has 2 saturated heterocycles. The fourth-order valence-corrected chi connectivity index (χ4v) is 5.88. The predicted molar refractivity (Wildman–Crippen MR) is 154 cm³/mol. The summed E-state index contributed by atoms with van der Waals surface area (Å²) in [5.74, 6) is -0.346. The van der Waals surface area contributed by atoms with Crippen molar-refractivity contribution in [3.05, 3.63) is 97.1 Å². The van der Waals surface area contributed by atoms with Gasteiger partial charge in [-0.3, -0.25) is 4.79 Å². The van der Waals surface area contributed by atoms with Crippen LogP contribution in [0.25, 0.3) is 21.9 Å². The molecule has 4 aromatic rings. The molecular formula is C32H30N4O3. The fourth-order valence-electron chi connectivity index (χ4n) is 5.88. The maximum Gasteiger partial charge on any atom is 0.329 e. The first-order valence-electron chi connectivity index (χ1n) is 13.2. The molecule has 0 aliphatic carbocycles. The third kappa shape index (κ3) is 4.50. The van der Waals surface area contributed by atoms with Crippen molar-refractivity contribution >= 4 is 40.1 Å². The average molecular weight is 519 g/mol. The normalized spacial score (nSPS) is 20.4. The van der Waals surface area contributed by atoms with Crippen molar-refractivity contribution in [3.8, 4) is 11.1 Å². The maximum atomic E-state index is 13.8. The number of nitrogens with zero attached hydrogens (tertiary/aromatic N) is 2. The van der Waals surface area contributed by atoms with E-state index < -0.39 is 18.1 Å². The SMILES string of the molecule is CC1(C)CC([C@@H]2NC(=O)N(c3cccc4ccccc34)C2=O)N(C(=O)Nc2ccccc2-c2ccccc2)C1. The molecule has 1 unspecified atom stereocenters. The van der Waals surface area contributed by atoms with Crippen molar-refractivity contribution in [1.29, 1.82) is 0 Å². The Morgan fingerprint density at radius 3 is 2.38 bits per heavy atom. The van der Waals surface area contributed by atoms with Gasteiger partial charge in [-0.05, 0) is 34.9 Å². The van der Waals surface area contributed by atoms with E-state index in [4.69, 9.17) is 0 Å². The van der Waals surface area contributed by atoms with Crippen LogP contribution in [0.5, 0.6) is 0 Å². The van der Waals surface area contributed by atoms with Crippen molar-refractivity contribution in [1.82, 2.24) is 10.2 Å². The number of hydrogen-bond donors (Lipinski definition) is 2. The number of hydrogen-bond acceptors (Lipinski definition) is 3. The third-order valence-corrected chi connectivity index (χ3v) is 7.64. The van der Waals surface area contributed by atoms with Crippen LogP contribution in [0.15, 0.2) is 97.1 Å². The van der Waals surface area contributed by atoms with E-state index in [1.807, 2.05) is 91.0 Å². The molecule has 0 aromatic heterocycles. The Morgan fingerprint density at radius 1 is 0.872 bits per heavy atom. The number of urea groups is 2. The van der Waals surface area contributed by atoms with Crippen LogP contribution in [-0.4, -0.2) is 41.5 Å². The van der Waals surface area contributed by atoms with Gasteiger partial charge in [0.25, 0.3) is 5.91 Å². The second-order valence-corrected chi connectivity index (χ2v) is 11.0. The lowest BCUT2D eigenvalue weighted by Gasteiger charge is -2.28. The molecule has 2 N–H and O–H groups in total. The van der Waals surface area contributed by atoms with Gasteiger partial charge in [-0.2, -0.15) is 0 Å². The molecular weight excluding hydrogens is 488 g/mol.